The minimum atomic E-state index is 0.293. The predicted molar refractivity (Wildman–Crippen MR) is 88.6 cm³/mol. The summed E-state index contributed by atoms with van der Waals surface area (Å²) in [4.78, 5) is 2.38. The molecular formula is C18H20N4O2. The standard InChI is InChI=1S/C18H20N4O2/c1-21-13-19-20-18(21)16-8-5-11-22(16)12-15-9-10-17(24-15)23-14-6-3-2-4-7-14/h2-4,6-7,9-10,13,16H,5,8,11-12H2,1H3. The topological polar surface area (TPSA) is 56.3 Å². The number of furan rings is 1. The highest BCUT2D eigenvalue weighted by molar-refractivity contribution is 5.26. The summed E-state index contributed by atoms with van der Waals surface area (Å²) in [6.45, 7) is 1.78. The van der Waals surface area contributed by atoms with Gasteiger partial charge >= 0.3 is 0 Å². The second kappa shape index (κ2) is 6.49. The van der Waals surface area contributed by atoms with E-state index in [1.807, 2.05) is 54.1 Å². The molecule has 0 aliphatic carbocycles. The quantitative estimate of drug-likeness (QED) is 0.718. The van der Waals surface area contributed by atoms with Crippen molar-refractivity contribution in [2.24, 2.45) is 7.05 Å². The third-order valence-corrected chi connectivity index (χ3v) is 4.37. The number of aromatic nitrogens is 3. The number of rotatable bonds is 5. The highest BCUT2D eigenvalue weighted by Crippen LogP contribution is 2.33. The Balaban J connectivity index is 1.45. The van der Waals surface area contributed by atoms with Crippen molar-refractivity contribution in [1.29, 1.82) is 0 Å². The van der Waals surface area contributed by atoms with Crippen molar-refractivity contribution in [1.82, 2.24) is 19.7 Å². The SMILES string of the molecule is Cn1cnnc1C1CCCN1Cc1ccc(Oc2ccccc2)o1. The van der Waals surface area contributed by atoms with E-state index in [-0.39, 0.29) is 0 Å². The van der Waals surface area contributed by atoms with E-state index in [1.54, 1.807) is 6.33 Å². The van der Waals surface area contributed by atoms with Crippen LogP contribution in [-0.2, 0) is 13.6 Å². The van der Waals surface area contributed by atoms with Gasteiger partial charge in [-0.2, -0.15) is 0 Å². The van der Waals surface area contributed by atoms with Gasteiger partial charge < -0.3 is 13.7 Å². The van der Waals surface area contributed by atoms with Gasteiger partial charge in [-0.15, -0.1) is 10.2 Å². The Bertz CT molecular complexity index is 796. The molecule has 1 aliphatic heterocycles. The monoisotopic (exact) mass is 324 g/mol. The Hall–Kier alpha value is -2.60. The van der Waals surface area contributed by atoms with E-state index in [1.165, 1.54) is 0 Å². The number of para-hydroxylation sites is 1. The van der Waals surface area contributed by atoms with Crippen LogP contribution in [0.15, 0.2) is 53.2 Å². The van der Waals surface area contributed by atoms with Gasteiger partial charge in [0.25, 0.3) is 5.95 Å². The lowest BCUT2D eigenvalue weighted by Gasteiger charge is -2.22. The van der Waals surface area contributed by atoms with Gasteiger partial charge in [0.2, 0.25) is 0 Å². The molecule has 124 valence electrons. The number of hydrogen-bond donors (Lipinski definition) is 0. The summed E-state index contributed by atoms with van der Waals surface area (Å²) < 4.78 is 13.6. The van der Waals surface area contributed by atoms with Crippen LogP contribution >= 0.6 is 0 Å². The Labute approximate surface area is 140 Å². The molecule has 3 aromatic rings. The molecule has 2 aromatic heterocycles. The minimum absolute atomic E-state index is 0.293. The number of nitrogens with zero attached hydrogens (tertiary/aromatic N) is 4. The van der Waals surface area contributed by atoms with Crippen molar-refractivity contribution >= 4 is 0 Å². The van der Waals surface area contributed by atoms with Gasteiger partial charge in [-0.05, 0) is 37.6 Å². The van der Waals surface area contributed by atoms with E-state index >= 15 is 0 Å². The van der Waals surface area contributed by atoms with Gasteiger partial charge in [0, 0.05) is 13.1 Å². The van der Waals surface area contributed by atoms with Crippen LogP contribution in [0.1, 0.15) is 30.5 Å². The van der Waals surface area contributed by atoms with Crippen molar-refractivity contribution < 1.29 is 9.15 Å². The van der Waals surface area contributed by atoms with E-state index in [0.717, 1.165) is 43.3 Å². The minimum Gasteiger partial charge on any atom is -0.429 e. The van der Waals surface area contributed by atoms with Crippen LogP contribution < -0.4 is 4.74 Å². The van der Waals surface area contributed by atoms with Crippen LogP contribution in [0.5, 0.6) is 11.7 Å². The van der Waals surface area contributed by atoms with Gasteiger partial charge in [-0.25, -0.2) is 0 Å². The molecule has 1 unspecified atom stereocenters. The number of aryl methyl sites for hydroxylation is 1. The largest absolute Gasteiger partial charge is 0.429 e. The third-order valence-electron chi connectivity index (χ3n) is 4.37. The molecule has 0 amide bonds. The maximum atomic E-state index is 5.84. The van der Waals surface area contributed by atoms with Crippen LogP contribution in [0, 0.1) is 0 Å². The highest BCUT2D eigenvalue weighted by Gasteiger charge is 2.30. The first-order chi connectivity index (χ1) is 11.8. The Morgan fingerprint density at radius 3 is 2.88 bits per heavy atom. The zero-order valence-corrected chi connectivity index (χ0v) is 13.6. The molecule has 6 heteroatoms. The Kier molecular flexibility index (Phi) is 4.04. The van der Waals surface area contributed by atoms with Crippen molar-refractivity contribution in [2.75, 3.05) is 6.54 Å². The van der Waals surface area contributed by atoms with Crippen molar-refractivity contribution in [3.8, 4) is 11.7 Å². The van der Waals surface area contributed by atoms with Gasteiger partial charge in [0.15, 0.2) is 0 Å². The smallest absolute Gasteiger partial charge is 0.290 e. The number of benzene rings is 1. The summed E-state index contributed by atoms with van der Waals surface area (Å²) in [5, 5.41) is 8.27. The maximum Gasteiger partial charge on any atom is 0.290 e. The van der Waals surface area contributed by atoms with Gasteiger partial charge in [0.1, 0.15) is 23.7 Å². The second-order valence-corrected chi connectivity index (χ2v) is 6.06. The normalized spacial score (nSPS) is 18.1. The zero-order valence-electron chi connectivity index (χ0n) is 13.6. The summed E-state index contributed by atoms with van der Waals surface area (Å²) in [7, 11) is 1.99. The maximum absolute atomic E-state index is 5.84. The van der Waals surface area contributed by atoms with Crippen molar-refractivity contribution in [2.45, 2.75) is 25.4 Å². The fourth-order valence-corrected chi connectivity index (χ4v) is 3.20. The predicted octanol–water partition coefficient (Wildman–Crippen LogP) is 3.54. The Morgan fingerprint density at radius 1 is 1.21 bits per heavy atom. The lowest BCUT2D eigenvalue weighted by Crippen LogP contribution is -2.24. The van der Waals surface area contributed by atoms with Crippen LogP contribution in [0.4, 0.5) is 0 Å². The fraction of sp³-hybridized carbons (Fsp3) is 0.333. The summed E-state index contributed by atoms with van der Waals surface area (Å²) in [5.74, 6) is 3.21. The molecule has 4 rings (SSSR count). The van der Waals surface area contributed by atoms with Gasteiger partial charge in [0.05, 0.1) is 12.6 Å². The van der Waals surface area contributed by atoms with E-state index in [4.69, 9.17) is 9.15 Å². The van der Waals surface area contributed by atoms with Crippen LogP contribution in [-0.4, -0.2) is 26.2 Å². The molecule has 0 N–H and O–H groups in total. The molecular weight excluding hydrogens is 304 g/mol. The summed E-state index contributed by atoms with van der Waals surface area (Å²) in [5.41, 5.74) is 0. The first kappa shape index (κ1) is 15.0. The average Bonchev–Trinajstić information content (AvgIpc) is 3.31. The average molecular weight is 324 g/mol. The van der Waals surface area contributed by atoms with Gasteiger partial charge in [-0.1, -0.05) is 18.2 Å². The van der Waals surface area contributed by atoms with E-state index in [2.05, 4.69) is 15.1 Å². The molecule has 6 nitrogen and oxygen atoms in total. The molecule has 1 fully saturated rings. The van der Waals surface area contributed by atoms with Crippen LogP contribution in [0.25, 0.3) is 0 Å². The first-order valence-electron chi connectivity index (χ1n) is 8.19. The second-order valence-electron chi connectivity index (χ2n) is 6.06. The Morgan fingerprint density at radius 2 is 2.08 bits per heavy atom. The highest BCUT2D eigenvalue weighted by atomic mass is 16.6. The van der Waals surface area contributed by atoms with E-state index < -0.39 is 0 Å². The lowest BCUT2D eigenvalue weighted by molar-refractivity contribution is 0.210. The first-order valence-corrected chi connectivity index (χ1v) is 8.19. The van der Waals surface area contributed by atoms with Crippen molar-refractivity contribution in [3.05, 3.63) is 60.4 Å². The van der Waals surface area contributed by atoms with E-state index in [9.17, 15) is 0 Å². The van der Waals surface area contributed by atoms with Crippen molar-refractivity contribution in [3.63, 3.8) is 0 Å². The van der Waals surface area contributed by atoms with Gasteiger partial charge in [-0.3, -0.25) is 4.90 Å². The molecule has 24 heavy (non-hydrogen) atoms. The summed E-state index contributed by atoms with van der Waals surface area (Å²) >= 11 is 0. The molecule has 1 aliphatic rings. The molecule has 0 radical (unpaired) electrons. The summed E-state index contributed by atoms with van der Waals surface area (Å²) in [6, 6.07) is 13.8. The van der Waals surface area contributed by atoms with Crippen LogP contribution in [0.3, 0.4) is 0 Å². The molecule has 0 saturated carbocycles. The lowest BCUT2D eigenvalue weighted by atomic mass is 10.2. The molecule has 1 aromatic carbocycles. The third kappa shape index (κ3) is 3.05. The van der Waals surface area contributed by atoms with E-state index in [0.29, 0.717) is 12.0 Å². The molecule has 1 atom stereocenters. The molecule has 1 saturated heterocycles. The fourth-order valence-electron chi connectivity index (χ4n) is 3.20. The summed E-state index contributed by atoms with van der Waals surface area (Å²) in [6.07, 6.45) is 4.01. The molecule has 3 heterocycles. The number of likely N-dealkylation sites (tertiary alicyclic amines) is 1. The number of hydrogen-bond acceptors (Lipinski definition) is 5. The number of ether oxygens (including phenoxy) is 1. The molecule has 0 spiro atoms. The van der Waals surface area contributed by atoms with Crippen LogP contribution in [0.2, 0.25) is 0 Å². The molecule has 0 bridgehead atoms. The zero-order chi connectivity index (χ0) is 16.4.